The smallest absolute Gasteiger partial charge is 0.263 e. The molecule has 7 heteroatoms. The van der Waals surface area contributed by atoms with E-state index in [1.807, 2.05) is 45.0 Å². The summed E-state index contributed by atoms with van der Waals surface area (Å²) in [4.78, 5) is 19.8. The van der Waals surface area contributed by atoms with Crippen LogP contribution in [-0.2, 0) is 11.0 Å². The van der Waals surface area contributed by atoms with Crippen molar-refractivity contribution in [1.29, 1.82) is 0 Å². The van der Waals surface area contributed by atoms with Gasteiger partial charge in [0.2, 0.25) is 5.95 Å². The lowest BCUT2D eigenvalue weighted by atomic mass is 9.85. The number of H-pyrrole nitrogens is 1. The standard InChI is InChI=1S/C19H24ClN5O/c1-18(2,3)25-15-14(10-22-25)16(26)24-17(23-15)21-11-19(4,5)12-6-8-13(20)9-7-12/h6-10H,11H2,1-5H3,(H2,21,23,24,26). The first-order valence-corrected chi connectivity index (χ1v) is 8.94. The summed E-state index contributed by atoms with van der Waals surface area (Å²) >= 11 is 5.97. The lowest BCUT2D eigenvalue weighted by Crippen LogP contribution is -2.29. The number of benzene rings is 1. The van der Waals surface area contributed by atoms with Crippen LogP contribution in [0.2, 0.25) is 5.02 Å². The van der Waals surface area contributed by atoms with Gasteiger partial charge in [-0.25, -0.2) is 4.68 Å². The molecule has 0 saturated heterocycles. The third kappa shape index (κ3) is 3.60. The molecule has 0 aliphatic carbocycles. The van der Waals surface area contributed by atoms with E-state index in [0.717, 1.165) is 5.56 Å². The maximum Gasteiger partial charge on any atom is 0.263 e. The Kier molecular flexibility index (Phi) is 4.56. The molecule has 0 spiro atoms. The van der Waals surface area contributed by atoms with Crippen LogP contribution in [0.3, 0.4) is 0 Å². The van der Waals surface area contributed by atoms with E-state index in [0.29, 0.717) is 28.5 Å². The minimum Gasteiger partial charge on any atom is -0.355 e. The number of aromatic nitrogens is 4. The quantitative estimate of drug-likeness (QED) is 0.726. The molecular formula is C19H24ClN5O. The fourth-order valence-electron chi connectivity index (χ4n) is 2.80. The molecular weight excluding hydrogens is 350 g/mol. The minimum atomic E-state index is -0.262. The molecule has 0 radical (unpaired) electrons. The van der Waals surface area contributed by atoms with Gasteiger partial charge in [-0.1, -0.05) is 37.6 Å². The fraction of sp³-hybridized carbons (Fsp3) is 0.421. The van der Waals surface area contributed by atoms with Gasteiger partial charge in [0, 0.05) is 17.0 Å². The van der Waals surface area contributed by atoms with E-state index in [4.69, 9.17) is 11.6 Å². The Balaban J connectivity index is 1.89. The molecule has 0 amide bonds. The van der Waals surface area contributed by atoms with Crippen molar-refractivity contribution >= 4 is 28.6 Å². The largest absolute Gasteiger partial charge is 0.355 e. The van der Waals surface area contributed by atoms with Gasteiger partial charge in [-0.05, 0) is 38.5 Å². The Morgan fingerprint density at radius 1 is 1.15 bits per heavy atom. The first-order chi connectivity index (χ1) is 12.1. The molecule has 6 nitrogen and oxygen atoms in total. The second kappa shape index (κ2) is 6.43. The monoisotopic (exact) mass is 373 g/mol. The summed E-state index contributed by atoms with van der Waals surface area (Å²) in [6, 6.07) is 7.79. The van der Waals surface area contributed by atoms with Gasteiger partial charge < -0.3 is 5.32 Å². The van der Waals surface area contributed by atoms with Gasteiger partial charge in [0.05, 0.1) is 11.7 Å². The van der Waals surface area contributed by atoms with Crippen LogP contribution >= 0.6 is 11.6 Å². The van der Waals surface area contributed by atoms with Gasteiger partial charge in [0.1, 0.15) is 5.39 Å². The molecule has 2 N–H and O–H groups in total. The van der Waals surface area contributed by atoms with E-state index in [1.165, 1.54) is 0 Å². The highest BCUT2D eigenvalue weighted by Gasteiger charge is 2.22. The summed E-state index contributed by atoms with van der Waals surface area (Å²) in [7, 11) is 0. The second-order valence-corrected chi connectivity index (χ2v) is 8.56. The van der Waals surface area contributed by atoms with Gasteiger partial charge >= 0.3 is 0 Å². The third-order valence-electron chi connectivity index (χ3n) is 4.40. The van der Waals surface area contributed by atoms with Crippen molar-refractivity contribution in [3.8, 4) is 0 Å². The number of fused-ring (bicyclic) bond motifs is 1. The molecule has 0 saturated carbocycles. The number of nitrogens with zero attached hydrogens (tertiary/aromatic N) is 3. The molecule has 0 aliphatic heterocycles. The van der Waals surface area contributed by atoms with Crippen LogP contribution in [0.4, 0.5) is 5.95 Å². The molecule has 0 bridgehead atoms. The topological polar surface area (TPSA) is 75.6 Å². The summed E-state index contributed by atoms with van der Waals surface area (Å²) in [6.07, 6.45) is 1.56. The van der Waals surface area contributed by atoms with Crippen LogP contribution in [0.1, 0.15) is 40.2 Å². The number of nitrogens with one attached hydrogen (secondary N) is 2. The van der Waals surface area contributed by atoms with Crippen molar-refractivity contribution in [3.63, 3.8) is 0 Å². The summed E-state index contributed by atoms with van der Waals surface area (Å²) in [5.74, 6) is 0.440. The molecule has 138 valence electrons. The van der Waals surface area contributed by atoms with Crippen molar-refractivity contribution in [1.82, 2.24) is 19.7 Å². The predicted octanol–water partition coefficient (Wildman–Crippen LogP) is 3.92. The van der Waals surface area contributed by atoms with Gasteiger partial charge in [-0.2, -0.15) is 10.1 Å². The van der Waals surface area contributed by atoms with Crippen molar-refractivity contribution in [2.24, 2.45) is 0 Å². The van der Waals surface area contributed by atoms with Gasteiger partial charge in [0.25, 0.3) is 5.56 Å². The van der Waals surface area contributed by atoms with Crippen molar-refractivity contribution in [2.45, 2.75) is 45.6 Å². The highest BCUT2D eigenvalue weighted by Crippen LogP contribution is 2.25. The number of anilines is 1. The predicted molar refractivity (Wildman–Crippen MR) is 106 cm³/mol. The van der Waals surface area contributed by atoms with E-state index in [2.05, 4.69) is 34.2 Å². The lowest BCUT2D eigenvalue weighted by molar-refractivity contribution is 0.366. The summed E-state index contributed by atoms with van der Waals surface area (Å²) in [5, 5.41) is 8.79. The molecule has 0 aliphatic rings. The van der Waals surface area contributed by atoms with E-state index < -0.39 is 0 Å². The van der Waals surface area contributed by atoms with E-state index in [9.17, 15) is 4.79 Å². The SMILES string of the molecule is CC(C)(CNc1nc2c(cnn2C(C)(C)C)c(=O)[nH]1)c1ccc(Cl)cc1. The zero-order valence-electron chi connectivity index (χ0n) is 15.7. The molecule has 1 aromatic carbocycles. The van der Waals surface area contributed by atoms with Crippen LogP contribution < -0.4 is 10.9 Å². The fourth-order valence-corrected chi connectivity index (χ4v) is 2.93. The van der Waals surface area contributed by atoms with E-state index in [-0.39, 0.29) is 16.5 Å². The minimum absolute atomic E-state index is 0.164. The van der Waals surface area contributed by atoms with Crippen LogP contribution in [0.15, 0.2) is 35.3 Å². The first kappa shape index (κ1) is 18.5. The van der Waals surface area contributed by atoms with Crippen LogP contribution in [-0.4, -0.2) is 26.3 Å². The molecule has 0 unspecified atom stereocenters. The van der Waals surface area contributed by atoms with Crippen molar-refractivity contribution < 1.29 is 0 Å². The Morgan fingerprint density at radius 3 is 2.42 bits per heavy atom. The average Bonchev–Trinajstić information content (AvgIpc) is 2.98. The van der Waals surface area contributed by atoms with Crippen LogP contribution in [0.5, 0.6) is 0 Å². The number of rotatable bonds is 4. The summed E-state index contributed by atoms with van der Waals surface area (Å²) in [5.41, 5.74) is 1.10. The van der Waals surface area contributed by atoms with E-state index in [1.54, 1.807) is 10.9 Å². The zero-order chi connectivity index (χ0) is 19.1. The Morgan fingerprint density at radius 2 is 1.81 bits per heavy atom. The number of halogens is 1. The van der Waals surface area contributed by atoms with Crippen molar-refractivity contribution in [3.05, 3.63) is 51.4 Å². The van der Waals surface area contributed by atoms with Crippen LogP contribution in [0.25, 0.3) is 11.0 Å². The maximum absolute atomic E-state index is 12.4. The van der Waals surface area contributed by atoms with Crippen molar-refractivity contribution in [2.75, 3.05) is 11.9 Å². The third-order valence-corrected chi connectivity index (χ3v) is 4.65. The van der Waals surface area contributed by atoms with Crippen LogP contribution in [0, 0.1) is 0 Å². The Hall–Kier alpha value is -2.34. The highest BCUT2D eigenvalue weighted by atomic mass is 35.5. The number of hydrogen-bond donors (Lipinski definition) is 2. The Labute approximate surface area is 157 Å². The van der Waals surface area contributed by atoms with E-state index >= 15 is 0 Å². The molecule has 0 fully saturated rings. The van der Waals surface area contributed by atoms with Gasteiger partial charge in [-0.15, -0.1) is 0 Å². The second-order valence-electron chi connectivity index (χ2n) is 8.12. The molecule has 2 aromatic heterocycles. The maximum atomic E-state index is 12.4. The summed E-state index contributed by atoms with van der Waals surface area (Å²) < 4.78 is 1.77. The lowest BCUT2D eigenvalue weighted by Gasteiger charge is -2.26. The molecule has 2 heterocycles. The van der Waals surface area contributed by atoms with Gasteiger partial charge in [0.15, 0.2) is 5.65 Å². The highest BCUT2D eigenvalue weighted by molar-refractivity contribution is 6.30. The first-order valence-electron chi connectivity index (χ1n) is 8.56. The van der Waals surface area contributed by atoms with Gasteiger partial charge in [-0.3, -0.25) is 9.78 Å². The molecule has 0 atom stereocenters. The zero-order valence-corrected chi connectivity index (χ0v) is 16.5. The molecule has 3 aromatic rings. The molecule has 3 rings (SSSR count). The normalized spacial score (nSPS) is 12.5. The number of hydrogen-bond acceptors (Lipinski definition) is 4. The molecule has 26 heavy (non-hydrogen) atoms. The summed E-state index contributed by atoms with van der Waals surface area (Å²) in [6.45, 7) is 10.9. The average molecular weight is 374 g/mol. The number of aromatic amines is 1. The Bertz CT molecular complexity index is 980.